The lowest BCUT2D eigenvalue weighted by Gasteiger charge is -2.24. The topological polar surface area (TPSA) is 80.0 Å². The molecule has 0 radical (unpaired) electrons. The standard InChI is InChI=1S/C26H24FNO5/c1-15(2)33-21-11-8-18(13-16(21)3)24(29)22-23(17-6-9-19(27)10-7-17)28(26(31)25(22)30)14-20-5-4-12-32-20/h4-13,15,23,29H,14H2,1-3H3/b24-22-. The van der Waals surface area contributed by atoms with Crippen LogP contribution in [0.4, 0.5) is 4.39 Å². The Morgan fingerprint density at radius 3 is 2.48 bits per heavy atom. The summed E-state index contributed by atoms with van der Waals surface area (Å²) in [5.74, 6) is -1.18. The van der Waals surface area contributed by atoms with E-state index in [1.807, 2.05) is 20.8 Å². The lowest BCUT2D eigenvalue weighted by atomic mass is 9.94. The fourth-order valence-electron chi connectivity index (χ4n) is 3.94. The number of aryl methyl sites for hydroxylation is 1. The zero-order valence-corrected chi connectivity index (χ0v) is 18.5. The number of hydrogen-bond donors (Lipinski definition) is 1. The predicted octanol–water partition coefficient (Wildman–Crippen LogP) is 5.14. The molecule has 2 aromatic carbocycles. The number of halogens is 1. The molecule has 1 atom stereocenters. The second kappa shape index (κ2) is 8.94. The van der Waals surface area contributed by atoms with Crippen molar-refractivity contribution in [1.29, 1.82) is 0 Å². The second-order valence-electron chi connectivity index (χ2n) is 8.20. The lowest BCUT2D eigenvalue weighted by molar-refractivity contribution is -0.140. The van der Waals surface area contributed by atoms with Crippen LogP contribution >= 0.6 is 0 Å². The van der Waals surface area contributed by atoms with Gasteiger partial charge in [0.05, 0.1) is 30.5 Å². The van der Waals surface area contributed by atoms with E-state index in [2.05, 4.69) is 0 Å². The van der Waals surface area contributed by atoms with Gasteiger partial charge in [-0.3, -0.25) is 9.59 Å². The van der Waals surface area contributed by atoms with E-state index in [4.69, 9.17) is 9.15 Å². The highest BCUT2D eigenvalue weighted by atomic mass is 19.1. The van der Waals surface area contributed by atoms with Crippen LogP contribution in [0.2, 0.25) is 0 Å². The molecule has 3 aromatic rings. The van der Waals surface area contributed by atoms with Crippen molar-refractivity contribution in [2.75, 3.05) is 0 Å². The van der Waals surface area contributed by atoms with E-state index in [9.17, 15) is 19.1 Å². The number of ketones is 1. The highest BCUT2D eigenvalue weighted by Gasteiger charge is 2.46. The molecule has 1 aliphatic rings. The van der Waals surface area contributed by atoms with Crippen LogP contribution in [0.3, 0.4) is 0 Å². The van der Waals surface area contributed by atoms with Gasteiger partial charge in [-0.05, 0) is 74.4 Å². The van der Waals surface area contributed by atoms with Gasteiger partial charge in [0.25, 0.3) is 11.7 Å². The fourth-order valence-corrected chi connectivity index (χ4v) is 3.94. The number of nitrogens with zero attached hydrogens (tertiary/aromatic N) is 1. The minimum atomic E-state index is -0.900. The summed E-state index contributed by atoms with van der Waals surface area (Å²) in [6, 6.07) is 13.0. The molecule has 0 aliphatic carbocycles. The molecule has 6 nitrogen and oxygen atoms in total. The Morgan fingerprint density at radius 1 is 1.15 bits per heavy atom. The zero-order valence-electron chi connectivity index (χ0n) is 18.5. The lowest BCUT2D eigenvalue weighted by Crippen LogP contribution is -2.29. The Labute approximate surface area is 190 Å². The monoisotopic (exact) mass is 449 g/mol. The predicted molar refractivity (Wildman–Crippen MR) is 120 cm³/mol. The van der Waals surface area contributed by atoms with Crippen molar-refractivity contribution in [2.45, 2.75) is 39.5 Å². The third kappa shape index (κ3) is 4.39. The van der Waals surface area contributed by atoms with Crippen LogP contribution in [-0.2, 0) is 16.1 Å². The molecule has 1 amide bonds. The van der Waals surface area contributed by atoms with E-state index < -0.39 is 23.5 Å². The average Bonchev–Trinajstić information content (AvgIpc) is 3.37. The van der Waals surface area contributed by atoms with Crippen LogP contribution in [0.1, 0.15) is 42.3 Å². The van der Waals surface area contributed by atoms with Crippen molar-refractivity contribution in [3.63, 3.8) is 0 Å². The van der Waals surface area contributed by atoms with Crippen molar-refractivity contribution in [3.05, 3.63) is 94.7 Å². The van der Waals surface area contributed by atoms with Gasteiger partial charge in [-0.1, -0.05) is 12.1 Å². The summed E-state index contributed by atoms with van der Waals surface area (Å²) in [5, 5.41) is 11.2. The minimum Gasteiger partial charge on any atom is -0.507 e. The van der Waals surface area contributed by atoms with Gasteiger partial charge in [0.15, 0.2) is 0 Å². The molecular weight excluding hydrogens is 425 g/mol. The van der Waals surface area contributed by atoms with Crippen LogP contribution < -0.4 is 4.74 Å². The Bertz CT molecular complexity index is 1210. The molecule has 1 aliphatic heterocycles. The van der Waals surface area contributed by atoms with Crippen molar-refractivity contribution >= 4 is 17.4 Å². The number of ether oxygens (including phenoxy) is 1. The van der Waals surface area contributed by atoms with E-state index in [0.717, 1.165) is 5.56 Å². The van der Waals surface area contributed by atoms with Gasteiger partial charge in [0.2, 0.25) is 0 Å². The van der Waals surface area contributed by atoms with Gasteiger partial charge in [0.1, 0.15) is 23.1 Å². The quantitative estimate of drug-likeness (QED) is 0.320. The smallest absolute Gasteiger partial charge is 0.296 e. The average molecular weight is 449 g/mol. The molecule has 1 saturated heterocycles. The first-order valence-corrected chi connectivity index (χ1v) is 10.6. The molecule has 1 unspecified atom stereocenters. The number of furan rings is 1. The minimum absolute atomic E-state index is 0.0199. The molecule has 1 fully saturated rings. The molecule has 1 N–H and O–H groups in total. The number of rotatable bonds is 6. The summed E-state index contributed by atoms with van der Waals surface area (Å²) in [4.78, 5) is 27.4. The van der Waals surface area contributed by atoms with Gasteiger partial charge in [-0.25, -0.2) is 4.39 Å². The van der Waals surface area contributed by atoms with E-state index in [-0.39, 0.29) is 24.0 Å². The summed E-state index contributed by atoms with van der Waals surface area (Å²) >= 11 is 0. The normalized spacial score (nSPS) is 17.7. The third-order valence-electron chi connectivity index (χ3n) is 5.44. The number of carbonyl (C=O) groups is 2. The molecule has 4 rings (SSSR count). The number of aliphatic hydroxyl groups is 1. The van der Waals surface area contributed by atoms with Crippen LogP contribution in [0.25, 0.3) is 5.76 Å². The van der Waals surface area contributed by atoms with Crippen molar-refractivity contribution in [1.82, 2.24) is 4.90 Å². The Morgan fingerprint density at radius 2 is 1.88 bits per heavy atom. The maximum atomic E-state index is 13.6. The molecule has 170 valence electrons. The first-order chi connectivity index (χ1) is 15.8. The van der Waals surface area contributed by atoms with Gasteiger partial charge >= 0.3 is 0 Å². The van der Waals surface area contributed by atoms with Gasteiger partial charge in [-0.2, -0.15) is 0 Å². The van der Waals surface area contributed by atoms with Crippen LogP contribution in [0.15, 0.2) is 70.9 Å². The number of hydrogen-bond acceptors (Lipinski definition) is 5. The van der Waals surface area contributed by atoms with Gasteiger partial charge < -0.3 is 19.2 Å². The van der Waals surface area contributed by atoms with Crippen molar-refractivity contribution in [3.8, 4) is 5.75 Å². The number of benzene rings is 2. The molecule has 0 saturated carbocycles. The third-order valence-corrected chi connectivity index (χ3v) is 5.44. The van der Waals surface area contributed by atoms with Crippen LogP contribution in [0, 0.1) is 12.7 Å². The molecule has 0 spiro atoms. The largest absolute Gasteiger partial charge is 0.507 e. The molecule has 2 heterocycles. The molecule has 0 bridgehead atoms. The second-order valence-corrected chi connectivity index (χ2v) is 8.20. The van der Waals surface area contributed by atoms with Crippen LogP contribution in [0.5, 0.6) is 5.75 Å². The molecule has 1 aromatic heterocycles. The van der Waals surface area contributed by atoms with E-state index in [1.165, 1.54) is 35.4 Å². The number of carbonyl (C=O) groups excluding carboxylic acids is 2. The van der Waals surface area contributed by atoms with Crippen molar-refractivity contribution in [2.24, 2.45) is 0 Å². The summed E-state index contributed by atoms with van der Waals surface area (Å²) in [6.45, 7) is 5.69. The fraction of sp³-hybridized carbons (Fsp3) is 0.231. The summed E-state index contributed by atoms with van der Waals surface area (Å²) in [7, 11) is 0. The SMILES string of the molecule is Cc1cc(/C(O)=C2/C(=O)C(=O)N(Cc3ccco3)C2c2ccc(F)cc2)ccc1OC(C)C. The molecule has 33 heavy (non-hydrogen) atoms. The van der Waals surface area contributed by atoms with E-state index in [1.54, 1.807) is 30.3 Å². The van der Waals surface area contributed by atoms with E-state index in [0.29, 0.717) is 22.6 Å². The highest BCUT2D eigenvalue weighted by Crippen LogP contribution is 2.40. The van der Waals surface area contributed by atoms with Crippen LogP contribution in [-0.4, -0.2) is 27.8 Å². The maximum absolute atomic E-state index is 13.6. The summed E-state index contributed by atoms with van der Waals surface area (Å²) < 4.78 is 24.7. The summed E-state index contributed by atoms with van der Waals surface area (Å²) in [6.07, 6.45) is 1.45. The first-order valence-electron chi connectivity index (χ1n) is 10.6. The van der Waals surface area contributed by atoms with Gasteiger partial charge in [-0.15, -0.1) is 0 Å². The number of aliphatic hydroxyl groups excluding tert-OH is 1. The van der Waals surface area contributed by atoms with Gasteiger partial charge in [0, 0.05) is 5.56 Å². The maximum Gasteiger partial charge on any atom is 0.296 e. The number of likely N-dealkylation sites (tertiary alicyclic amines) is 1. The summed E-state index contributed by atoms with van der Waals surface area (Å²) in [5.41, 5.74) is 1.60. The van der Waals surface area contributed by atoms with Crippen molar-refractivity contribution < 1.29 is 28.2 Å². The van der Waals surface area contributed by atoms with E-state index >= 15 is 0 Å². The number of amides is 1. The first kappa shape index (κ1) is 22.3. The molecule has 7 heteroatoms. The molecular formula is C26H24FNO5. The Balaban J connectivity index is 1.82. The zero-order chi connectivity index (χ0) is 23.7. The highest BCUT2D eigenvalue weighted by molar-refractivity contribution is 6.46. The Hall–Kier alpha value is -3.87. The number of Topliss-reactive ketones (excluding diaryl/α,β-unsaturated/α-hetero) is 1. The Kier molecular flexibility index (Phi) is 6.05.